The molecule has 1 aliphatic heterocycles. The van der Waals surface area contributed by atoms with E-state index in [1.165, 1.54) is 0 Å². The van der Waals surface area contributed by atoms with Gasteiger partial charge >= 0.3 is 0 Å². The predicted molar refractivity (Wildman–Crippen MR) is 71.6 cm³/mol. The van der Waals surface area contributed by atoms with Crippen LogP contribution in [0, 0.1) is 0 Å². The molecule has 0 aromatic rings. The summed E-state index contributed by atoms with van der Waals surface area (Å²) in [4.78, 5) is 2.20. The second-order valence-electron chi connectivity index (χ2n) is 6.13. The van der Waals surface area contributed by atoms with E-state index in [2.05, 4.69) is 10.2 Å². The molecule has 0 aromatic heterocycles. The quantitative estimate of drug-likeness (QED) is 0.618. The molecule has 0 aromatic carbocycles. The van der Waals surface area contributed by atoms with Crippen molar-refractivity contribution in [3.63, 3.8) is 0 Å². The topological polar surface area (TPSA) is 65.0 Å². The van der Waals surface area contributed by atoms with Crippen LogP contribution in [0.2, 0.25) is 0 Å². The summed E-state index contributed by atoms with van der Waals surface area (Å²) in [7, 11) is 0. The average molecular weight is 260 g/mol. The SMILES string of the molecule is CC(C)(O)C(C)(C)NCC(O)CN1CCOCC1. The molecule has 1 heterocycles. The number of rotatable bonds is 6. The molecule has 0 spiro atoms. The first-order valence-corrected chi connectivity index (χ1v) is 6.68. The minimum Gasteiger partial charge on any atom is -0.390 e. The lowest BCUT2D eigenvalue weighted by atomic mass is 9.86. The van der Waals surface area contributed by atoms with Crippen LogP contribution in [0.1, 0.15) is 27.7 Å². The minimum atomic E-state index is -0.828. The van der Waals surface area contributed by atoms with E-state index in [4.69, 9.17) is 4.74 Å². The van der Waals surface area contributed by atoms with Gasteiger partial charge in [-0.15, -0.1) is 0 Å². The third-order valence-corrected chi connectivity index (χ3v) is 3.88. The first-order chi connectivity index (χ1) is 8.22. The van der Waals surface area contributed by atoms with Gasteiger partial charge in [-0.05, 0) is 27.7 Å². The van der Waals surface area contributed by atoms with E-state index in [-0.39, 0.29) is 0 Å². The normalized spacial score (nSPS) is 21.0. The lowest BCUT2D eigenvalue weighted by molar-refractivity contribution is -0.0161. The van der Waals surface area contributed by atoms with Gasteiger partial charge in [0.15, 0.2) is 0 Å². The van der Waals surface area contributed by atoms with Crippen LogP contribution in [0.4, 0.5) is 0 Å². The number of morpholine rings is 1. The van der Waals surface area contributed by atoms with Gasteiger partial charge in [-0.3, -0.25) is 4.90 Å². The maximum absolute atomic E-state index is 10.0. The Labute approximate surface area is 110 Å². The monoisotopic (exact) mass is 260 g/mol. The van der Waals surface area contributed by atoms with Crippen LogP contribution in [0.3, 0.4) is 0 Å². The molecule has 1 aliphatic rings. The molecule has 1 rings (SSSR count). The van der Waals surface area contributed by atoms with Crippen molar-refractivity contribution in [2.45, 2.75) is 44.9 Å². The summed E-state index contributed by atoms with van der Waals surface area (Å²) >= 11 is 0. The Balaban J connectivity index is 2.30. The molecule has 0 saturated carbocycles. The van der Waals surface area contributed by atoms with Crippen LogP contribution in [0.25, 0.3) is 0 Å². The zero-order chi connectivity index (χ0) is 13.8. The predicted octanol–water partition coefficient (Wildman–Crippen LogP) is -0.181. The fraction of sp³-hybridized carbons (Fsp3) is 1.00. The van der Waals surface area contributed by atoms with Crippen LogP contribution in [-0.2, 0) is 4.74 Å². The second-order valence-corrected chi connectivity index (χ2v) is 6.13. The minimum absolute atomic E-state index is 0.426. The van der Waals surface area contributed by atoms with Gasteiger partial charge in [0.05, 0.1) is 24.9 Å². The number of aliphatic hydroxyl groups is 2. The number of hydrogen-bond donors (Lipinski definition) is 3. The fourth-order valence-electron chi connectivity index (χ4n) is 1.74. The molecule has 0 amide bonds. The van der Waals surface area contributed by atoms with Gasteiger partial charge in [0.1, 0.15) is 0 Å². The van der Waals surface area contributed by atoms with Gasteiger partial charge in [0, 0.05) is 31.7 Å². The van der Waals surface area contributed by atoms with Crippen molar-refractivity contribution < 1.29 is 14.9 Å². The number of hydrogen-bond acceptors (Lipinski definition) is 5. The number of nitrogens with one attached hydrogen (secondary N) is 1. The highest BCUT2D eigenvalue weighted by atomic mass is 16.5. The highest BCUT2D eigenvalue weighted by molar-refractivity contribution is 4.93. The van der Waals surface area contributed by atoms with Crippen LogP contribution >= 0.6 is 0 Å². The number of aliphatic hydroxyl groups excluding tert-OH is 1. The second kappa shape index (κ2) is 6.30. The molecule has 0 radical (unpaired) electrons. The first-order valence-electron chi connectivity index (χ1n) is 6.68. The van der Waals surface area contributed by atoms with E-state index in [0.717, 1.165) is 26.3 Å². The Hall–Kier alpha value is -0.200. The molecule has 0 bridgehead atoms. The highest BCUT2D eigenvalue weighted by Gasteiger charge is 2.34. The van der Waals surface area contributed by atoms with Crippen molar-refractivity contribution in [3.05, 3.63) is 0 Å². The number of ether oxygens (including phenoxy) is 1. The summed E-state index contributed by atoms with van der Waals surface area (Å²) in [6, 6.07) is 0. The summed E-state index contributed by atoms with van der Waals surface area (Å²) in [6.45, 7) is 11.8. The van der Waals surface area contributed by atoms with Gasteiger partial charge in [-0.2, -0.15) is 0 Å². The standard InChI is InChI=1S/C13H28N2O3/c1-12(2,13(3,4)17)14-9-11(16)10-15-5-7-18-8-6-15/h11,14,16-17H,5-10H2,1-4H3. The van der Waals surface area contributed by atoms with Gasteiger partial charge < -0.3 is 20.3 Å². The molecule has 5 heteroatoms. The van der Waals surface area contributed by atoms with E-state index in [0.29, 0.717) is 13.1 Å². The maximum Gasteiger partial charge on any atom is 0.0791 e. The van der Waals surface area contributed by atoms with Gasteiger partial charge in [-0.25, -0.2) is 0 Å². The molecule has 1 atom stereocenters. The van der Waals surface area contributed by atoms with Crippen molar-refractivity contribution >= 4 is 0 Å². The van der Waals surface area contributed by atoms with E-state index in [1.807, 2.05) is 13.8 Å². The molecule has 1 unspecified atom stereocenters. The van der Waals surface area contributed by atoms with Crippen LogP contribution in [0.15, 0.2) is 0 Å². The number of β-amino-alcohol motifs (C(OH)–C–C–N with tert-alkyl or cyclic N) is 1. The molecule has 3 N–H and O–H groups in total. The van der Waals surface area contributed by atoms with Gasteiger partial charge in [0.25, 0.3) is 0 Å². The lowest BCUT2D eigenvalue weighted by Gasteiger charge is -2.39. The molecule has 108 valence electrons. The summed E-state index contributed by atoms with van der Waals surface area (Å²) in [5.41, 5.74) is -1.26. The molecular weight excluding hydrogens is 232 g/mol. The Morgan fingerprint density at radius 2 is 1.78 bits per heavy atom. The summed E-state index contributed by atoms with van der Waals surface area (Å²) in [6.07, 6.45) is -0.426. The van der Waals surface area contributed by atoms with E-state index >= 15 is 0 Å². The Morgan fingerprint density at radius 3 is 2.28 bits per heavy atom. The van der Waals surface area contributed by atoms with Gasteiger partial charge in [-0.1, -0.05) is 0 Å². The van der Waals surface area contributed by atoms with E-state index in [9.17, 15) is 10.2 Å². The third kappa shape index (κ3) is 4.82. The zero-order valence-corrected chi connectivity index (χ0v) is 12.1. The molecular formula is C13H28N2O3. The van der Waals surface area contributed by atoms with Crippen molar-refractivity contribution in [2.24, 2.45) is 0 Å². The lowest BCUT2D eigenvalue weighted by Crippen LogP contribution is -2.58. The van der Waals surface area contributed by atoms with Crippen LogP contribution in [-0.4, -0.2) is 71.7 Å². The Kier molecular flexibility index (Phi) is 5.55. The molecule has 0 aliphatic carbocycles. The molecule has 5 nitrogen and oxygen atoms in total. The third-order valence-electron chi connectivity index (χ3n) is 3.88. The number of nitrogens with zero attached hydrogens (tertiary/aromatic N) is 1. The van der Waals surface area contributed by atoms with Gasteiger partial charge in [0.2, 0.25) is 0 Å². The van der Waals surface area contributed by atoms with Crippen molar-refractivity contribution in [3.8, 4) is 0 Å². The molecule has 1 saturated heterocycles. The smallest absolute Gasteiger partial charge is 0.0791 e. The molecule has 1 fully saturated rings. The van der Waals surface area contributed by atoms with E-state index in [1.54, 1.807) is 13.8 Å². The summed E-state index contributed by atoms with van der Waals surface area (Å²) < 4.78 is 5.27. The summed E-state index contributed by atoms with van der Waals surface area (Å²) in [5.74, 6) is 0. The van der Waals surface area contributed by atoms with E-state index < -0.39 is 17.2 Å². The van der Waals surface area contributed by atoms with Crippen molar-refractivity contribution in [1.82, 2.24) is 10.2 Å². The first kappa shape index (κ1) is 15.9. The largest absolute Gasteiger partial charge is 0.390 e. The van der Waals surface area contributed by atoms with Crippen molar-refractivity contribution in [2.75, 3.05) is 39.4 Å². The average Bonchev–Trinajstić information content (AvgIpc) is 2.26. The summed E-state index contributed by atoms with van der Waals surface area (Å²) in [5, 5.41) is 23.2. The molecule has 18 heavy (non-hydrogen) atoms. The Morgan fingerprint density at radius 1 is 1.22 bits per heavy atom. The maximum atomic E-state index is 10.0. The fourth-order valence-corrected chi connectivity index (χ4v) is 1.74. The zero-order valence-electron chi connectivity index (χ0n) is 12.1. The highest BCUT2D eigenvalue weighted by Crippen LogP contribution is 2.20. The van der Waals surface area contributed by atoms with Crippen LogP contribution in [0.5, 0.6) is 0 Å². The van der Waals surface area contributed by atoms with Crippen molar-refractivity contribution in [1.29, 1.82) is 0 Å². The van der Waals surface area contributed by atoms with Crippen LogP contribution < -0.4 is 5.32 Å². The Bertz CT molecular complexity index is 245.